The van der Waals surface area contributed by atoms with Gasteiger partial charge in [-0.05, 0) is 18.6 Å². The molecule has 2 amide bonds. The molecule has 0 unspecified atom stereocenters. The third kappa shape index (κ3) is 4.40. The zero-order valence-electron chi connectivity index (χ0n) is 17.0. The summed E-state index contributed by atoms with van der Waals surface area (Å²) < 4.78 is 1.99. The van der Waals surface area contributed by atoms with Crippen molar-refractivity contribution < 1.29 is 9.59 Å². The minimum Gasteiger partial charge on any atom is -0.350 e. The summed E-state index contributed by atoms with van der Waals surface area (Å²) in [4.78, 5) is 35.3. The highest BCUT2D eigenvalue weighted by molar-refractivity contribution is 5.84. The van der Waals surface area contributed by atoms with E-state index in [1.54, 1.807) is 17.3 Å². The predicted octanol–water partition coefficient (Wildman–Crippen LogP) is 2.42. The Morgan fingerprint density at radius 3 is 2.63 bits per heavy atom. The van der Waals surface area contributed by atoms with Gasteiger partial charge in [0.05, 0.1) is 18.2 Å². The number of hydrogen-bond donors (Lipinski definition) is 1. The first-order valence-electron chi connectivity index (χ1n) is 10.1. The van der Waals surface area contributed by atoms with Crippen LogP contribution in [0.25, 0.3) is 11.4 Å². The molecule has 0 radical (unpaired) electrons. The fourth-order valence-electron chi connectivity index (χ4n) is 3.58. The molecule has 1 aromatic carbocycles. The van der Waals surface area contributed by atoms with E-state index in [4.69, 9.17) is 0 Å². The van der Waals surface area contributed by atoms with Crippen LogP contribution in [0.4, 0.5) is 0 Å². The maximum absolute atomic E-state index is 12.5. The van der Waals surface area contributed by atoms with Gasteiger partial charge in [-0.1, -0.05) is 36.4 Å². The maximum atomic E-state index is 12.5. The second-order valence-electron chi connectivity index (χ2n) is 7.54. The fraction of sp³-hybridized carbons (Fsp3) is 0.304. The smallest absolute Gasteiger partial charge is 0.227 e. The highest BCUT2D eigenvalue weighted by Gasteiger charge is 2.35. The molecule has 3 heterocycles. The Balaban J connectivity index is 1.23. The lowest BCUT2D eigenvalue weighted by Gasteiger charge is -2.38. The van der Waals surface area contributed by atoms with Crippen LogP contribution in [-0.2, 0) is 22.7 Å². The lowest BCUT2D eigenvalue weighted by Crippen LogP contribution is -2.55. The van der Waals surface area contributed by atoms with Crippen LogP contribution in [0.5, 0.6) is 0 Å². The molecule has 4 rings (SSSR count). The minimum atomic E-state index is -0.147. The van der Waals surface area contributed by atoms with E-state index in [1.807, 2.05) is 60.2 Å². The minimum absolute atomic E-state index is 0.0231. The highest BCUT2D eigenvalue weighted by atomic mass is 16.2. The zero-order valence-corrected chi connectivity index (χ0v) is 17.0. The van der Waals surface area contributed by atoms with Gasteiger partial charge in [-0.15, -0.1) is 0 Å². The van der Waals surface area contributed by atoms with E-state index in [0.29, 0.717) is 32.6 Å². The molecule has 0 aliphatic carbocycles. The van der Waals surface area contributed by atoms with Crippen molar-refractivity contribution in [3.8, 4) is 11.4 Å². The summed E-state index contributed by atoms with van der Waals surface area (Å²) in [7, 11) is 0. The van der Waals surface area contributed by atoms with E-state index in [9.17, 15) is 9.59 Å². The number of nitrogens with one attached hydrogen (secondary N) is 1. The number of aryl methyl sites for hydroxylation is 2. The van der Waals surface area contributed by atoms with E-state index < -0.39 is 0 Å². The Morgan fingerprint density at radius 1 is 1.07 bits per heavy atom. The molecule has 1 aliphatic rings. The molecule has 7 heteroatoms. The Kier molecular flexibility index (Phi) is 5.88. The molecule has 1 N–H and O–H groups in total. The second-order valence-corrected chi connectivity index (χ2v) is 7.54. The summed E-state index contributed by atoms with van der Waals surface area (Å²) in [5.41, 5.74) is 2.95. The van der Waals surface area contributed by atoms with Crippen LogP contribution < -0.4 is 5.32 Å². The van der Waals surface area contributed by atoms with E-state index in [2.05, 4.69) is 15.3 Å². The van der Waals surface area contributed by atoms with Gasteiger partial charge in [0.25, 0.3) is 0 Å². The van der Waals surface area contributed by atoms with Crippen LogP contribution in [-0.4, -0.2) is 44.3 Å². The van der Waals surface area contributed by atoms with E-state index >= 15 is 0 Å². The molecular weight excluding hydrogens is 378 g/mol. The number of pyridine rings is 1. The van der Waals surface area contributed by atoms with Crippen molar-refractivity contribution in [2.24, 2.45) is 5.92 Å². The van der Waals surface area contributed by atoms with Gasteiger partial charge < -0.3 is 14.8 Å². The maximum Gasteiger partial charge on any atom is 0.227 e. The van der Waals surface area contributed by atoms with Gasteiger partial charge in [0.2, 0.25) is 11.8 Å². The molecular formula is C23H25N5O2. The number of imidazole rings is 1. The topological polar surface area (TPSA) is 80.1 Å². The number of hydrogen-bond acceptors (Lipinski definition) is 4. The van der Waals surface area contributed by atoms with Crippen molar-refractivity contribution in [2.45, 2.75) is 26.4 Å². The highest BCUT2D eigenvalue weighted by Crippen LogP contribution is 2.20. The molecule has 7 nitrogen and oxygen atoms in total. The number of aromatic nitrogens is 3. The fourth-order valence-corrected chi connectivity index (χ4v) is 3.58. The quantitative estimate of drug-likeness (QED) is 0.657. The summed E-state index contributed by atoms with van der Waals surface area (Å²) in [6, 6.07) is 13.8. The predicted molar refractivity (Wildman–Crippen MR) is 113 cm³/mol. The summed E-state index contributed by atoms with van der Waals surface area (Å²) in [5, 5.41) is 2.93. The number of amides is 2. The van der Waals surface area contributed by atoms with Crippen LogP contribution in [0.3, 0.4) is 0 Å². The summed E-state index contributed by atoms with van der Waals surface area (Å²) in [6.45, 7) is 3.90. The van der Waals surface area contributed by atoms with E-state index in [0.717, 1.165) is 22.6 Å². The van der Waals surface area contributed by atoms with Crippen molar-refractivity contribution in [2.75, 3.05) is 13.1 Å². The summed E-state index contributed by atoms with van der Waals surface area (Å²) >= 11 is 0. The first-order valence-corrected chi connectivity index (χ1v) is 10.1. The lowest BCUT2D eigenvalue weighted by molar-refractivity contribution is -0.143. The number of carbonyl (C=O) groups is 2. The van der Waals surface area contributed by atoms with Gasteiger partial charge in [-0.3, -0.25) is 14.6 Å². The molecule has 0 saturated carbocycles. The Morgan fingerprint density at radius 2 is 1.87 bits per heavy atom. The Labute approximate surface area is 175 Å². The number of rotatable bonds is 7. The average Bonchev–Trinajstić information content (AvgIpc) is 3.20. The molecule has 1 saturated heterocycles. The normalized spacial score (nSPS) is 13.7. The lowest BCUT2D eigenvalue weighted by atomic mass is 9.98. The van der Waals surface area contributed by atoms with Crippen molar-refractivity contribution >= 4 is 11.8 Å². The molecule has 30 heavy (non-hydrogen) atoms. The first kappa shape index (κ1) is 19.8. The number of likely N-dealkylation sites (tertiary alicyclic amines) is 1. The van der Waals surface area contributed by atoms with E-state index in [1.165, 1.54) is 0 Å². The van der Waals surface area contributed by atoms with Crippen molar-refractivity contribution in [1.29, 1.82) is 0 Å². The van der Waals surface area contributed by atoms with Gasteiger partial charge in [0.1, 0.15) is 5.82 Å². The zero-order chi connectivity index (χ0) is 20.9. The van der Waals surface area contributed by atoms with Crippen LogP contribution in [0, 0.1) is 12.8 Å². The van der Waals surface area contributed by atoms with Gasteiger partial charge in [-0.2, -0.15) is 0 Å². The SMILES string of the molecule is Cc1cccnc1CNC(=O)C1CN(C(=O)CCn2ccnc2-c2ccccc2)C1. The molecule has 1 aliphatic heterocycles. The van der Waals surface area contributed by atoms with Crippen molar-refractivity contribution in [3.63, 3.8) is 0 Å². The van der Waals surface area contributed by atoms with Crippen molar-refractivity contribution in [3.05, 3.63) is 72.3 Å². The van der Waals surface area contributed by atoms with Crippen LogP contribution in [0.15, 0.2) is 61.1 Å². The van der Waals surface area contributed by atoms with Crippen LogP contribution >= 0.6 is 0 Å². The number of nitrogens with zero attached hydrogens (tertiary/aromatic N) is 4. The third-order valence-electron chi connectivity index (χ3n) is 5.47. The molecule has 0 bridgehead atoms. The van der Waals surface area contributed by atoms with Crippen LogP contribution in [0.1, 0.15) is 17.7 Å². The summed E-state index contributed by atoms with van der Waals surface area (Å²) in [5.74, 6) is 0.748. The molecule has 0 spiro atoms. The van der Waals surface area contributed by atoms with Crippen molar-refractivity contribution in [1.82, 2.24) is 24.8 Å². The molecule has 3 aromatic rings. The standard InChI is InChI=1S/C23H25N5O2/c1-17-6-5-10-24-20(17)14-26-23(30)19-15-28(16-19)21(29)9-12-27-13-11-25-22(27)18-7-3-2-4-8-18/h2-8,10-11,13,19H,9,12,14-16H2,1H3,(H,26,30). The average molecular weight is 403 g/mol. The monoisotopic (exact) mass is 403 g/mol. The van der Waals surface area contributed by atoms with E-state index in [-0.39, 0.29) is 17.7 Å². The van der Waals surface area contributed by atoms with Gasteiger partial charge in [0, 0.05) is 50.2 Å². The van der Waals surface area contributed by atoms with Gasteiger partial charge in [0.15, 0.2) is 0 Å². The van der Waals surface area contributed by atoms with Gasteiger partial charge in [-0.25, -0.2) is 4.98 Å². The number of benzene rings is 1. The Hall–Kier alpha value is -3.48. The summed E-state index contributed by atoms with van der Waals surface area (Å²) in [6.07, 6.45) is 5.75. The first-order chi connectivity index (χ1) is 14.6. The van der Waals surface area contributed by atoms with Crippen LogP contribution in [0.2, 0.25) is 0 Å². The molecule has 1 fully saturated rings. The molecule has 0 atom stereocenters. The molecule has 2 aromatic heterocycles. The van der Waals surface area contributed by atoms with Gasteiger partial charge >= 0.3 is 0 Å². The number of carbonyl (C=O) groups excluding carboxylic acids is 2. The Bertz CT molecular complexity index is 1020. The largest absolute Gasteiger partial charge is 0.350 e. The third-order valence-corrected chi connectivity index (χ3v) is 5.47. The second kappa shape index (κ2) is 8.90. The molecule has 154 valence electrons.